The van der Waals surface area contributed by atoms with Crippen LogP contribution in [0.15, 0.2) is 0 Å². The maximum absolute atomic E-state index is 14.3. The topological polar surface area (TPSA) is 57.5 Å². The van der Waals surface area contributed by atoms with Crippen LogP contribution in [0.1, 0.15) is 140 Å². The Kier molecular flexibility index (Phi) is 8.50. The molecule has 0 radical (unpaired) electrons. The molecule has 0 aromatic carbocycles. The number of aliphatic hydroxyl groups is 2. The van der Waals surface area contributed by atoms with Crippen molar-refractivity contribution < 1.29 is 15.0 Å². The third kappa shape index (κ3) is 5.21. The second kappa shape index (κ2) is 10.9. The number of carbonyl (C=O) groups is 1. The fraction of sp³-hybridized carbons (Fsp3) is 0.974. The van der Waals surface area contributed by atoms with E-state index in [1.165, 1.54) is 57.8 Å². The normalized spacial score (nSPS) is 53.2. The highest BCUT2D eigenvalue weighted by molar-refractivity contribution is 5.89. The Labute approximate surface area is 253 Å². The van der Waals surface area contributed by atoms with Crippen molar-refractivity contribution in [2.24, 2.45) is 80.8 Å². The Hall–Kier alpha value is -0.410. The Morgan fingerprint density at radius 1 is 0.902 bits per heavy atom. The number of Topliss-reactive ketones (excluding diaryl/α,β-unsaturated/α-hetero) is 1. The van der Waals surface area contributed by atoms with Crippen LogP contribution in [-0.4, -0.2) is 28.2 Å². The fourth-order valence-corrected chi connectivity index (χ4v) is 12.9. The molecule has 0 aromatic heterocycles. The zero-order valence-electron chi connectivity index (χ0n) is 28.5. The minimum absolute atomic E-state index is 0.0607. The van der Waals surface area contributed by atoms with Gasteiger partial charge in [-0.2, -0.15) is 0 Å². The summed E-state index contributed by atoms with van der Waals surface area (Å²) in [4.78, 5) is 14.3. The van der Waals surface area contributed by atoms with E-state index in [0.717, 1.165) is 30.6 Å². The molecule has 0 bridgehead atoms. The van der Waals surface area contributed by atoms with E-state index in [0.29, 0.717) is 23.2 Å². The molecule has 236 valence electrons. The Bertz CT molecular complexity index is 957. The van der Waals surface area contributed by atoms with Crippen LogP contribution >= 0.6 is 0 Å². The third-order valence-electron chi connectivity index (χ3n) is 14.9. The second-order valence-corrected chi connectivity index (χ2v) is 18.8. The number of carbonyl (C=O) groups excluding carboxylic acids is 1. The van der Waals surface area contributed by atoms with Gasteiger partial charge in [0.2, 0.25) is 0 Å². The smallest absolute Gasteiger partial charge is 0.145 e. The first kappa shape index (κ1) is 32.0. The molecule has 2 N–H and O–H groups in total. The molecule has 5 fully saturated rings. The van der Waals surface area contributed by atoms with Crippen LogP contribution in [0.2, 0.25) is 0 Å². The van der Waals surface area contributed by atoms with Gasteiger partial charge in [0.25, 0.3) is 0 Å². The molecule has 0 aliphatic heterocycles. The lowest BCUT2D eigenvalue weighted by Gasteiger charge is -2.70. The predicted molar refractivity (Wildman–Crippen MR) is 169 cm³/mol. The maximum Gasteiger partial charge on any atom is 0.145 e. The zero-order valence-corrected chi connectivity index (χ0v) is 28.5. The van der Waals surface area contributed by atoms with Crippen molar-refractivity contribution in [1.82, 2.24) is 0 Å². The fourth-order valence-electron chi connectivity index (χ4n) is 12.9. The van der Waals surface area contributed by atoms with Crippen LogP contribution in [-0.2, 0) is 4.79 Å². The highest BCUT2D eigenvalue weighted by atomic mass is 16.3. The molecule has 5 rings (SSSR count). The number of ketones is 1. The lowest BCUT2D eigenvalue weighted by molar-refractivity contribution is -0.238. The summed E-state index contributed by atoms with van der Waals surface area (Å²) >= 11 is 0. The molecule has 0 aromatic rings. The van der Waals surface area contributed by atoms with Crippen molar-refractivity contribution >= 4 is 5.78 Å². The number of hydrogen-bond donors (Lipinski definition) is 2. The van der Waals surface area contributed by atoms with Gasteiger partial charge in [0.05, 0.1) is 12.2 Å². The van der Waals surface area contributed by atoms with Gasteiger partial charge in [0, 0.05) is 11.3 Å². The summed E-state index contributed by atoms with van der Waals surface area (Å²) in [5.41, 5.74) is -0.0876. The minimum atomic E-state index is -0.609. The summed E-state index contributed by atoms with van der Waals surface area (Å²) in [5, 5.41) is 23.1. The van der Waals surface area contributed by atoms with Gasteiger partial charge in [-0.3, -0.25) is 4.79 Å². The van der Waals surface area contributed by atoms with Crippen LogP contribution in [0, 0.1) is 80.8 Å². The van der Waals surface area contributed by atoms with E-state index < -0.39 is 11.5 Å². The van der Waals surface area contributed by atoms with E-state index in [9.17, 15) is 15.0 Å². The molecule has 5 aliphatic rings. The van der Waals surface area contributed by atoms with Gasteiger partial charge >= 0.3 is 0 Å². The van der Waals surface area contributed by atoms with Gasteiger partial charge in [-0.25, -0.2) is 0 Å². The van der Waals surface area contributed by atoms with Crippen LogP contribution in [0.5, 0.6) is 0 Å². The lowest BCUT2D eigenvalue weighted by Crippen LogP contribution is -2.69. The van der Waals surface area contributed by atoms with E-state index in [1.54, 1.807) is 0 Å². The summed E-state index contributed by atoms with van der Waals surface area (Å²) in [6, 6.07) is 0. The van der Waals surface area contributed by atoms with Crippen molar-refractivity contribution in [2.75, 3.05) is 0 Å². The summed E-state index contributed by atoms with van der Waals surface area (Å²) in [6.07, 6.45) is 13.3. The summed E-state index contributed by atoms with van der Waals surface area (Å²) in [6.45, 7) is 23.0. The third-order valence-corrected chi connectivity index (χ3v) is 14.9. The molecule has 41 heavy (non-hydrogen) atoms. The summed E-state index contributed by atoms with van der Waals surface area (Å²) in [5.74, 6) is 4.51. The number of aliphatic hydroxyl groups excluding tert-OH is 2. The molecular weight excluding hydrogens is 504 g/mol. The molecule has 0 heterocycles. The Morgan fingerprint density at radius 3 is 2.12 bits per heavy atom. The number of fused-ring (bicyclic) bond motifs is 3. The van der Waals surface area contributed by atoms with Gasteiger partial charge in [-0.05, 0) is 128 Å². The number of rotatable bonds is 4. The number of hydrogen-bond acceptors (Lipinski definition) is 3. The molecule has 5 saturated carbocycles. The second-order valence-electron chi connectivity index (χ2n) is 18.8. The quantitative estimate of drug-likeness (QED) is 0.355. The summed E-state index contributed by atoms with van der Waals surface area (Å²) < 4.78 is 0. The van der Waals surface area contributed by atoms with Gasteiger partial charge in [-0.15, -0.1) is 0 Å². The maximum atomic E-state index is 14.3. The van der Waals surface area contributed by atoms with Crippen molar-refractivity contribution in [3.8, 4) is 0 Å². The van der Waals surface area contributed by atoms with Crippen LogP contribution in [0.3, 0.4) is 0 Å². The SMILES string of the molecule is CC(O)C1C(=O)[C@@]2(C)C(C)C3C(O)C4C(C)CCC(C5CCC(CCC(C)(C)C)CC5)C4C[C@@]3(C)C[C@@]2(C)CC1C. The van der Waals surface area contributed by atoms with Crippen LogP contribution < -0.4 is 0 Å². The van der Waals surface area contributed by atoms with E-state index in [2.05, 4.69) is 62.3 Å². The average molecular weight is 571 g/mol. The zero-order chi connectivity index (χ0) is 30.3. The largest absolute Gasteiger partial charge is 0.393 e. The average Bonchev–Trinajstić information content (AvgIpc) is 2.84. The monoisotopic (exact) mass is 571 g/mol. The van der Waals surface area contributed by atoms with E-state index in [1.807, 2.05) is 6.92 Å². The van der Waals surface area contributed by atoms with Crippen molar-refractivity contribution in [1.29, 1.82) is 0 Å². The molecule has 10 unspecified atom stereocenters. The first-order chi connectivity index (χ1) is 18.9. The standard InChI is InChI=1S/C38H66O3/c1-22-11-16-28(27-14-12-26(13-15-27)17-18-35(5,6)7)29-20-36(8)21-37(9)19-23(2)30(25(4)39)34(41)38(37,10)24(3)32(36)33(40)31(22)29/h22-33,39-40H,11-21H2,1-10H3/t22?,23?,24?,25?,26?,27?,28?,29?,30?,31?,32?,33?,36-,37+,38+/m0/s1. The first-order valence-corrected chi connectivity index (χ1v) is 17.8. The van der Waals surface area contributed by atoms with E-state index >= 15 is 0 Å². The van der Waals surface area contributed by atoms with Gasteiger partial charge < -0.3 is 10.2 Å². The van der Waals surface area contributed by atoms with Crippen LogP contribution in [0.25, 0.3) is 0 Å². The molecule has 3 nitrogen and oxygen atoms in total. The molecule has 3 heteroatoms. The molecule has 5 aliphatic carbocycles. The van der Waals surface area contributed by atoms with E-state index in [4.69, 9.17) is 0 Å². The molecule has 13 atom stereocenters. The molecular formula is C38H66O3. The van der Waals surface area contributed by atoms with E-state index in [-0.39, 0.29) is 46.4 Å². The Balaban J connectivity index is 1.40. The molecule has 0 saturated heterocycles. The van der Waals surface area contributed by atoms with Gasteiger partial charge in [0.15, 0.2) is 0 Å². The highest BCUT2D eigenvalue weighted by Gasteiger charge is 2.70. The highest BCUT2D eigenvalue weighted by Crippen LogP contribution is 2.72. The molecule has 0 amide bonds. The first-order valence-electron chi connectivity index (χ1n) is 17.8. The lowest BCUT2D eigenvalue weighted by atomic mass is 9.34. The van der Waals surface area contributed by atoms with Crippen molar-refractivity contribution in [2.45, 2.75) is 152 Å². The predicted octanol–water partition coefficient (Wildman–Crippen LogP) is 8.94. The van der Waals surface area contributed by atoms with Crippen molar-refractivity contribution in [3.05, 3.63) is 0 Å². The van der Waals surface area contributed by atoms with Gasteiger partial charge in [0.1, 0.15) is 5.78 Å². The van der Waals surface area contributed by atoms with Gasteiger partial charge in [-0.1, -0.05) is 81.6 Å². The molecule has 0 spiro atoms. The minimum Gasteiger partial charge on any atom is -0.393 e. The van der Waals surface area contributed by atoms with Crippen molar-refractivity contribution in [3.63, 3.8) is 0 Å². The summed E-state index contributed by atoms with van der Waals surface area (Å²) in [7, 11) is 0. The Morgan fingerprint density at radius 2 is 1.54 bits per heavy atom. The van der Waals surface area contributed by atoms with Crippen LogP contribution in [0.4, 0.5) is 0 Å².